The molecule has 0 aromatic carbocycles. The van der Waals surface area contributed by atoms with Crippen molar-refractivity contribution in [3.63, 3.8) is 0 Å². The second-order valence-electron chi connectivity index (χ2n) is 4.00. The Kier molecular flexibility index (Phi) is 3.43. The third-order valence-corrected chi connectivity index (χ3v) is 3.03. The summed E-state index contributed by atoms with van der Waals surface area (Å²) in [5.41, 5.74) is -0.153. The van der Waals surface area contributed by atoms with Crippen LogP contribution in [0.5, 0.6) is 0 Å². The van der Waals surface area contributed by atoms with E-state index in [0.29, 0.717) is 0 Å². The Balaban J connectivity index is 2.78. The second-order valence-corrected chi connectivity index (χ2v) is 4.65. The first-order chi connectivity index (χ1) is 6.47. The van der Waals surface area contributed by atoms with Crippen LogP contribution in [0.25, 0.3) is 0 Å². The van der Waals surface area contributed by atoms with Gasteiger partial charge in [-0.1, -0.05) is 0 Å². The molecule has 0 saturated heterocycles. The van der Waals surface area contributed by atoms with Crippen molar-refractivity contribution in [2.24, 2.45) is 0 Å². The second kappa shape index (κ2) is 4.22. The number of nitrogens with one attached hydrogen (secondary N) is 1. The third-order valence-electron chi connectivity index (χ3n) is 2.48. The topological polar surface area (TPSA) is 29.9 Å². The van der Waals surface area contributed by atoms with E-state index in [2.05, 4.69) is 35.6 Å². The fourth-order valence-electron chi connectivity index (χ4n) is 1.08. The lowest BCUT2D eigenvalue weighted by Gasteiger charge is -2.29. The largest absolute Gasteiger partial charge is 0.349 e. The molecule has 80 valence electrons. The lowest BCUT2D eigenvalue weighted by molar-refractivity contribution is 0.543. The van der Waals surface area contributed by atoms with E-state index in [0.717, 1.165) is 12.5 Å². The van der Waals surface area contributed by atoms with Gasteiger partial charge < -0.3 is 9.88 Å². The number of rotatable bonds is 4. The molecular formula is C10H18ClN3. The minimum atomic E-state index is -0.153. The van der Waals surface area contributed by atoms with E-state index in [1.54, 1.807) is 6.20 Å². The van der Waals surface area contributed by atoms with Crippen molar-refractivity contribution in [3.05, 3.63) is 12.4 Å². The number of alkyl halides is 1. The molecular weight excluding hydrogens is 198 g/mol. The Bertz CT molecular complexity index is 291. The van der Waals surface area contributed by atoms with Gasteiger partial charge in [0.2, 0.25) is 5.95 Å². The number of aryl methyl sites for hydroxylation is 1. The molecule has 0 saturated carbocycles. The van der Waals surface area contributed by atoms with E-state index in [-0.39, 0.29) is 10.9 Å². The smallest absolute Gasteiger partial charge is 0.203 e. The summed E-state index contributed by atoms with van der Waals surface area (Å²) < 4.78 is 2.06. The number of hydrogen-bond acceptors (Lipinski definition) is 2. The Morgan fingerprint density at radius 2 is 2.29 bits per heavy atom. The molecule has 0 aliphatic heterocycles. The van der Waals surface area contributed by atoms with Crippen LogP contribution in [0, 0.1) is 0 Å². The summed E-state index contributed by atoms with van der Waals surface area (Å²) in [6, 6.07) is 0. The molecule has 4 heteroatoms. The molecule has 1 atom stereocenters. The van der Waals surface area contributed by atoms with Crippen molar-refractivity contribution in [1.29, 1.82) is 0 Å². The highest BCUT2D eigenvalue weighted by Gasteiger charge is 2.25. The zero-order valence-corrected chi connectivity index (χ0v) is 9.97. The van der Waals surface area contributed by atoms with Gasteiger partial charge in [0.25, 0.3) is 0 Å². The summed E-state index contributed by atoms with van der Waals surface area (Å²) in [4.78, 5) is 4.25. The van der Waals surface area contributed by atoms with E-state index in [1.807, 2.05) is 13.1 Å². The SMILES string of the molecule is CCn1ccnc1NC(C)(C)C(C)Cl. The van der Waals surface area contributed by atoms with Crippen molar-refractivity contribution in [3.8, 4) is 0 Å². The normalized spacial score (nSPS) is 14.1. The predicted molar refractivity (Wildman–Crippen MR) is 60.9 cm³/mol. The highest BCUT2D eigenvalue weighted by molar-refractivity contribution is 6.21. The van der Waals surface area contributed by atoms with Crippen LogP contribution in [-0.4, -0.2) is 20.5 Å². The van der Waals surface area contributed by atoms with Crippen LogP contribution < -0.4 is 5.32 Å². The van der Waals surface area contributed by atoms with Gasteiger partial charge in [-0.2, -0.15) is 0 Å². The average Bonchev–Trinajstić information content (AvgIpc) is 2.50. The Labute approximate surface area is 90.5 Å². The monoisotopic (exact) mass is 215 g/mol. The maximum Gasteiger partial charge on any atom is 0.203 e. The summed E-state index contributed by atoms with van der Waals surface area (Å²) >= 11 is 6.08. The molecule has 0 spiro atoms. The van der Waals surface area contributed by atoms with Crippen LogP contribution >= 0.6 is 11.6 Å². The first kappa shape index (κ1) is 11.4. The Morgan fingerprint density at radius 1 is 1.64 bits per heavy atom. The molecule has 1 heterocycles. The number of halogens is 1. The maximum absolute atomic E-state index is 6.08. The molecule has 1 unspecified atom stereocenters. The maximum atomic E-state index is 6.08. The van der Waals surface area contributed by atoms with Gasteiger partial charge in [-0.25, -0.2) is 4.98 Å². The van der Waals surface area contributed by atoms with Gasteiger partial charge in [0, 0.05) is 18.9 Å². The van der Waals surface area contributed by atoms with Crippen LogP contribution in [0.1, 0.15) is 27.7 Å². The lowest BCUT2D eigenvalue weighted by atomic mass is 10.0. The molecule has 1 rings (SSSR count). The molecule has 0 amide bonds. The fraction of sp³-hybridized carbons (Fsp3) is 0.700. The van der Waals surface area contributed by atoms with Gasteiger partial charge in [-0.05, 0) is 27.7 Å². The van der Waals surface area contributed by atoms with Gasteiger partial charge in [-0.3, -0.25) is 0 Å². The molecule has 3 nitrogen and oxygen atoms in total. The van der Waals surface area contributed by atoms with Crippen molar-refractivity contribution < 1.29 is 0 Å². The zero-order valence-electron chi connectivity index (χ0n) is 9.21. The first-order valence-electron chi connectivity index (χ1n) is 4.90. The van der Waals surface area contributed by atoms with E-state index in [9.17, 15) is 0 Å². The molecule has 1 aromatic rings. The highest BCUT2D eigenvalue weighted by atomic mass is 35.5. The number of nitrogens with zero attached hydrogens (tertiary/aromatic N) is 2. The summed E-state index contributed by atoms with van der Waals surface area (Å²) in [5, 5.41) is 3.38. The van der Waals surface area contributed by atoms with Crippen LogP contribution in [0.3, 0.4) is 0 Å². The molecule has 1 aromatic heterocycles. The summed E-state index contributed by atoms with van der Waals surface area (Å²) in [7, 11) is 0. The summed E-state index contributed by atoms with van der Waals surface area (Å²) in [6.07, 6.45) is 3.75. The molecule has 1 N–H and O–H groups in total. The van der Waals surface area contributed by atoms with E-state index in [1.165, 1.54) is 0 Å². The zero-order chi connectivity index (χ0) is 10.8. The summed E-state index contributed by atoms with van der Waals surface area (Å²) in [5.74, 6) is 0.880. The van der Waals surface area contributed by atoms with Crippen LogP contribution in [0.15, 0.2) is 12.4 Å². The first-order valence-corrected chi connectivity index (χ1v) is 5.34. The quantitative estimate of drug-likeness (QED) is 0.783. The van der Waals surface area contributed by atoms with Gasteiger partial charge in [0.1, 0.15) is 0 Å². The molecule has 0 fully saturated rings. The number of anilines is 1. The number of hydrogen-bond donors (Lipinski definition) is 1. The van der Waals surface area contributed by atoms with Gasteiger partial charge in [0.05, 0.1) is 10.9 Å². The standard InChI is InChI=1S/C10H18ClN3/c1-5-14-7-6-12-9(14)13-10(3,4)8(2)11/h6-8H,5H2,1-4H3,(H,12,13). The minimum absolute atomic E-state index is 0.0458. The van der Waals surface area contributed by atoms with E-state index in [4.69, 9.17) is 11.6 Å². The fourth-order valence-corrected chi connectivity index (χ4v) is 1.13. The average molecular weight is 216 g/mol. The molecule has 0 aliphatic carbocycles. The lowest BCUT2D eigenvalue weighted by Crippen LogP contribution is -2.39. The van der Waals surface area contributed by atoms with Gasteiger partial charge >= 0.3 is 0 Å². The molecule has 14 heavy (non-hydrogen) atoms. The predicted octanol–water partition coefficient (Wildman–Crippen LogP) is 2.72. The van der Waals surface area contributed by atoms with E-state index < -0.39 is 0 Å². The van der Waals surface area contributed by atoms with Gasteiger partial charge in [-0.15, -0.1) is 11.6 Å². The molecule has 0 bridgehead atoms. The number of imidazole rings is 1. The molecule has 0 radical (unpaired) electrons. The third kappa shape index (κ3) is 2.41. The van der Waals surface area contributed by atoms with E-state index >= 15 is 0 Å². The van der Waals surface area contributed by atoms with Crippen LogP contribution in [0.2, 0.25) is 0 Å². The van der Waals surface area contributed by atoms with Crippen molar-refractivity contribution in [2.45, 2.75) is 45.2 Å². The Hall–Kier alpha value is -0.700. The van der Waals surface area contributed by atoms with Crippen LogP contribution in [-0.2, 0) is 6.54 Å². The van der Waals surface area contributed by atoms with Crippen molar-refractivity contribution >= 4 is 17.5 Å². The highest BCUT2D eigenvalue weighted by Crippen LogP contribution is 2.20. The minimum Gasteiger partial charge on any atom is -0.349 e. The Morgan fingerprint density at radius 3 is 2.79 bits per heavy atom. The van der Waals surface area contributed by atoms with Crippen molar-refractivity contribution in [2.75, 3.05) is 5.32 Å². The summed E-state index contributed by atoms with van der Waals surface area (Å²) in [6.45, 7) is 9.12. The van der Waals surface area contributed by atoms with Gasteiger partial charge in [0.15, 0.2) is 0 Å². The van der Waals surface area contributed by atoms with Crippen LogP contribution in [0.4, 0.5) is 5.95 Å². The molecule has 0 aliphatic rings. The number of aromatic nitrogens is 2. The van der Waals surface area contributed by atoms with Crippen molar-refractivity contribution in [1.82, 2.24) is 9.55 Å².